The number of hydrogen-bond donors (Lipinski definition) is 1. The van der Waals surface area contributed by atoms with Crippen molar-refractivity contribution >= 4 is 23.1 Å². The van der Waals surface area contributed by atoms with Crippen LogP contribution >= 0.6 is 0 Å². The molecular formula is C32H34N2O3. The molecule has 1 N–H and O–H groups in total. The van der Waals surface area contributed by atoms with Gasteiger partial charge in [-0.05, 0) is 58.7 Å². The largest absolute Gasteiger partial charge is 0.497 e. The summed E-state index contributed by atoms with van der Waals surface area (Å²) in [6.07, 6.45) is 1.08. The second-order valence-corrected chi connectivity index (χ2v) is 11.0. The van der Waals surface area contributed by atoms with Gasteiger partial charge in [0.05, 0.1) is 24.5 Å². The van der Waals surface area contributed by atoms with Gasteiger partial charge in [-0.3, -0.25) is 14.5 Å². The van der Waals surface area contributed by atoms with Crippen molar-refractivity contribution in [3.8, 4) is 5.75 Å². The van der Waals surface area contributed by atoms with Crippen LogP contribution in [0.25, 0.3) is 0 Å². The van der Waals surface area contributed by atoms with E-state index in [0.29, 0.717) is 18.4 Å². The molecule has 1 aliphatic carbocycles. The van der Waals surface area contributed by atoms with E-state index in [4.69, 9.17) is 4.74 Å². The predicted octanol–water partition coefficient (Wildman–Crippen LogP) is 6.91. The lowest BCUT2D eigenvalue weighted by Gasteiger charge is -2.35. The molecule has 0 fully saturated rings. The molecule has 37 heavy (non-hydrogen) atoms. The first kappa shape index (κ1) is 24.8. The molecule has 2 aliphatic rings. The van der Waals surface area contributed by atoms with E-state index in [1.54, 1.807) is 18.9 Å². The molecule has 5 nitrogen and oxygen atoms in total. The average Bonchev–Trinajstić information content (AvgIpc) is 3.03. The third-order valence-corrected chi connectivity index (χ3v) is 7.51. The van der Waals surface area contributed by atoms with Crippen molar-refractivity contribution in [2.24, 2.45) is 0 Å². The molecule has 0 radical (unpaired) electrons. The van der Waals surface area contributed by atoms with Gasteiger partial charge in [0.25, 0.3) is 0 Å². The lowest BCUT2D eigenvalue weighted by Crippen LogP contribution is -2.37. The molecule has 2 atom stereocenters. The standard InChI is InChI=1S/C32H34N2O3/c1-20(35)34-28-9-7-6-8-26(28)33-27-18-23(21-12-16-25(37-5)17-13-21)19-29(36)30(27)31(34)22-10-14-24(15-11-22)32(2,3)4/h6-17,23,31,33H,18-19H2,1-5H3/t23-,31-/m1/s1. The van der Waals surface area contributed by atoms with E-state index in [2.05, 4.69) is 50.4 Å². The topological polar surface area (TPSA) is 58.6 Å². The van der Waals surface area contributed by atoms with Gasteiger partial charge in [-0.15, -0.1) is 0 Å². The molecule has 0 unspecified atom stereocenters. The third kappa shape index (κ3) is 4.66. The highest BCUT2D eigenvalue weighted by molar-refractivity contribution is 6.06. The summed E-state index contributed by atoms with van der Waals surface area (Å²) in [6, 6.07) is 23.6. The van der Waals surface area contributed by atoms with Crippen molar-refractivity contribution in [1.82, 2.24) is 0 Å². The first-order chi connectivity index (χ1) is 17.7. The van der Waals surface area contributed by atoms with Crippen molar-refractivity contribution < 1.29 is 14.3 Å². The van der Waals surface area contributed by atoms with Gasteiger partial charge in [-0.1, -0.05) is 69.3 Å². The van der Waals surface area contributed by atoms with Crippen molar-refractivity contribution in [3.63, 3.8) is 0 Å². The predicted molar refractivity (Wildman–Crippen MR) is 148 cm³/mol. The number of allylic oxidation sites excluding steroid dienone is 1. The summed E-state index contributed by atoms with van der Waals surface area (Å²) in [6.45, 7) is 8.12. The number of nitrogens with one attached hydrogen (secondary N) is 1. The van der Waals surface area contributed by atoms with Crippen LogP contribution in [0.15, 0.2) is 84.1 Å². The van der Waals surface area contributed by atoms with E-state index in [0.717, 1.165) is 33.9 Å². The van der Waals surface area contributed by atoms with E-state index >= 15 is 0 Å². The average molecular weight is 495 g/mol. The summed E-state index contributed by atoms with van der Waals surface area (Å²) in [7, 11) is 1.65. The minimum atomic E-state index is -0.498. The van der Waals surface area contributed by atoms with E-state index in [9.17, 15) is 9.59 Å². The molecule has 0 saturated carbocycles. The summed E-state index contributed by atoms with van der Waals surface area (Å²) >= 11 is 0. The zero-order valence-corrected chi connectivity index (χ0v) is 22.2. The van der Waals surface area contributed by atoms with E-state index in [-0.39, 0.29) is 23.0 Å². The summed E-state index contributed by atoms with van der Waals surface area (Å²) < 4.78 is 5.32. The minimum absolute atomic E-state index is 0.00702. The van der Waals surface area contributed by atoms with Crippen LogP contribution < -0.4 is 15.0 Å². The number of hydrogen-bond acceptors (Lipinski definition) is 4. The number of ether oxygens (including phenoxy) is 1. The molecule has 1 heterocycles. The zero-order chi connectivity index (χ0) is 26.3. The van der Waals surface area contributed by atoms with E-state index < -0.39 is 6.04 Å². The molecule has 3 aromatic carbocycles. The van der Waals surface area contributed by atoms with Gasteiger partial charge in [0.2, 0.25) is 5.91 Å². The Kier molecular flexibility index (Phi) is 6.40. The van der Waals surface area contributed by atoms with Crippen LogP contribution in [0, 0.1) is 0 Å². The smallest absolute Gasteiger partial charge is 0.224 e. The fourth-order valence-corrected chi connectivity index (χ4v) is 5.53. The Morgan fingerprint density at radius 1 is 0.919 bits per heavy atom. The third-order valence-electron chi connectivity index (χ3n) is 7.51. The lowest BCUT2D eigenvalue weighted by atomic mass is 9.77. The maximum Gasteiger partial charge on any atom is 0.224 e. The van der Waals surface area contributed by atoms with Crippen molar-refractivity contribution in [3.05, 3.63) is 101 Å². The van der Waals surface area contributed by atoms with Gasteiger partial charge >= 0.3 is 0 Å². The summed E-state index contributed by atoms with van der Waals surface area (Å²) in [5.41, 5.74) is 6.44. The van der Waals surface area contributed by atoms with Crippen LogP contribution in [0.4, 0.5) is 11.4 Å². The number of para-hydroxylation sites is 2. The van der Waals surface area contributed by atoms with Gasteiger partial charge < -0.3 is 10.1 Å². The van der Waals surface area contributed by atoms with Crippen LogP contribution in [0.2, 0.25) is 0 Å². The summed E-state index contributed by atoms with van der Waals surface area (Å²) in [4.78, 5) is 28.9. The number of ketones is 1. The van der Waals surface area contributed by atoms with Gasteiger partial charge in [0.15, 0.2) is 5.78 Å². The number of fused-ring (bicyclic) bond motifs is 1. The van der Waals surface area contributed by atoms with Crippen molar-refractivity contribution in [2.75, 3.05) is 17.3 Å². The highest BCUT2D eigenvalue weighted by Gasteiger charge is 2.40. The van der Waals surface area contributed by atoms with Gasteiger partial charge in [-0.2, -0.15) is 0 Å². The fourth-order valence-electron chi connectivity index (χ4n) is 5.53. The van der Waals surface area contributed by atoms with Crippen LogP contribution in [0.5, 0.6) is 5.75 Å². The molecule has 5 rings (SSSR count). The molecule has 3 aromatic rings. The maximum absolute atomic E-state index is 14.0. The van der Waals surface area contributed by atoms with Gasteiger partial charge in [0.1, 0.15) is 5.75 Å². The molecule has 0 bridgehead atoms. The number of carbonyl (C=O) groups excluding carboxylic acids is 2. The normalized spacial score (nSPS) is 19.5. The highest BCUT2D eigenvalue weighted by atomic mass is 16.5. The summed E-state index contributed by atoms with van der Waals surface area (Å²) in [5, 5.41) is 3.57. The van der Waals surface area contributed by atoms with Gasteiger partial charge in [-0.25, -0.2) is 0 Å². The molecular weight excluding hydrogens is 460 g/mol. The Morgan fingerprint density at radius 3 is 2.19 bits per heavy atom. The number of anilines is 2. The Labute approximate surface area is 219 Å². The quantitative estimate of drug-likeness (QED) is 0.430. The summed E-state index contributed by atoms with van der Waals surface area (Å²) in [5.74, 6) is 0.810. The Bertz CT molecular complexity index is 1360. The first-order valence-corrected chi connectivity index (χ1v) is 12.8. The number of amides is 1. The van der Waals surface area contributed by atoms with Crippen molar-refractivity contribution in [2.45, 2.75) is 57.9 Å². The van der Waals surface area contributed by atoms with Crippen LogP contribution in [-0.2, 0) is 15.0 Å². The molecule has 1 aliphatic heterocycles. The number of carbonyl (C=O) groups is 2. The van der Waals surface area contributed by atoms with Crippen LogP contribution in [0.1, 0.15) is 69.2 Å². The molecule has 190 valence electrons. The second kappa shape index (κ2) is 9.55. The molecule has 0 saturated heterocycles. The number of Topliss-reactive ketones (excluding diaryl/α,β-unsaturated/α-hetero) is 1. The SMILES string of the molecule is COc1ccc([C@H]2CC(=O)C3=C(C2)Nc2ccccc2N(C(C)=O)[C@@H]3c2ccc(C(C)(C)C)cc2)cc1. The number of methoxy groups -OCH3 is 1. The second-order valence-electron chi connectivity index (χ2n) is 11.0. The molecule has 0 spiro atoms. The Balaban J connectivity index is 1.65. The van der Waals surface area contributed by atoms with E-state index in [1.165, 1.54) is 5.56 Å². The van der Waals surface area contributed by atoms with E-state index in [1.807, 2.05) is 48.5 Å². The molecule has 5 heteroatoms. The minimum Gasteiger partial charge on any atom is -0.497 e. The maximum atomic E-state index is 14.0. The molecule has 1 amide bonds. The fraction of sp³-hybridized carbons (Fsp3) is 0.312. The highest BCUT2D eigenvalue weighted by Crippen LogP contribution is 2.47. The van der Waals surface area contributed by atoms with Crippen LogP contribution in [0.3, 0.4) is 0 Å². The number of nitrogens with zero attached hydrogens (tertiary/aromatic N) is 1. The monoisotopic (exact) mass is 494 g/mol. The Morgan fingerprint density at radius 2 is 1.57 bits per heavy atom. The van der Waals surface area contributed by atoms with Crippen LogP contribution in [-0.4, -0.2) is 18.8 Å². The zero-order valence-electron chi connectivity index (χ0n) is 22.2. The molecule has 0 aromatic heterocycles. The number of benzene rings is 3. The van der Waals surface area contributed by atoms with Gasteiger partial charge in [0, 0.05) is 24.6 Å². The Hall–Kier alpha value is -3.86. The lowest BCUT2D eigenvalue weighted by molar-refractivity contribution is -0.117. The van der Waals surface area contributed by atoms with Crippen molar-refractivity contribution in [1.29, 1.82) is 0 Å². The number of rotatable bonds is 3. The first-order valence-electron chi connectivity index (χ1n) is 12.8.